The molecule has 3 heterocycles. The molecule has 0 amide bonds. The maximum Gasteiger partial charge on any atom is 0.235 e. The van der Waals surface area contributed by atoms with Crippen LogP contribution >= 0.6 is 11.3 Å². The fourth-order valence-corrected chi connectivity index (χ4v) is 4.62. The van der Waals surface area contributed by atoms with Crippen molar-refractivity contribution in [3.05, 3.63) is 46.6 Å². The van der Waals surface area contributed by atoms with Crippen molar-refractivity contribution in [2.45, 2.75) is 13.0 Å². The molecular formula is C17H23N5OS+2. The van der Waals surface area contributed by atoms with Gasteiger partial charge >= 0.3 is 0 Å². The second-order valence-electron chi connectivity index (χ2n) is 6.70. The number of piperazine rings is 1. The summed E-state index contributed by atoms with van der Waals surface area (Å²) in [7, 11) is 2.25. The zero-order valence-electron chi connectivity index (χ0n) is 14.0. The summed E-state index contributed by atoms with van der Waals surface area (Å²) in [4.78, 5) is 9.04. The van der Waals surface area contributed by atoms with Gasteiger partial charge < -0.3 is 14.9 Å². The van der Waals surface area contributed by atoms with Crippen molar-refractivity contribution in [1.29, 1.82) is 0 Å². The van der Waals surface area contributed by atoms with Crippen molar-refractivity contribution in [3.63, 3.8) is 0 Å². The minimum atomic E-state index is 0.132. The van der Waals surface area contributed by atoms with E-state index in [4.69, 9.17) is 0 Å². The third-order valence-electron chi connectivity index (χ3n) is 4.97. The van der Waals surface area contributed by atoms with Crippen LogP contribution in [0.15, 0.2) is 30.6 Å². The third kappa shape index (κ3) is 2.68. The van der Waals surface area contributed by atoms with Crippen molar-refractivity contribution in [1.82, 2.24) is 14.6 Å². The fourth-order valence-electron chi connectivity index (χ4n) is 3.50. The first-order chi connectivity index (χ1) is 11.6. The molecule has 0 saturated carbocycles. The van der Waals surface area contributed by atoms with Crippen molar-refractivity contribution in [2.75, 3.05) is 33.2 Å². The third-order valence-corrected chi connectivity index (χ3v) is 6.06. The number of thiazole rings is 1. The van der Waals surface area contributed by atoms with Gasteiger partial charge in [-0.25, -0.2) is 4.98 Å². The van der Waals surface area contributed by atoms with Crippen LogP contribution in [-0.2, 0) is 0 Å². The first kappa shape index (κ1) is 15.6. The molecule has 6 nitrogen and oxygen atoms in total. The monoisotopic (exact) mass is 345 g/mol. The molecule has 1 fully saturated rings. The van der Waals surface area contributed by atoms with E-state index >= 15 is 0 Å². The van der Waals surface area contributed by atoms with Crippen LogP contribution in [0.2, 0.25) is 0 Å². The fraction of sp³-hybridized carbons (Fsp3) is 0.412. The molecule has 4 rings (SSSR count). The van der Waals surface area contributed by atoms with Gasteiger partial charge in [-0.05, 0) is 6.92 Å². The van der Waals surface area contributed by atoms with Gasteiger partial charge in [0.25, 0.3) is 0 Å². The molecule has 0 unspecified atom stereocenters. The lowest BCUT2D eigenvalue weighted by atomic mass is 10.0. The van der Waals surface area contributed by atoms with E-state index in [1.165, 1.54) is 22.4 Å². The zero-order chi connectivity index (χ0) is 16.7. The molecule has 7 heteroatoms. The number of aryl methyl sites for hydroxylation is 1. The number of fused-ring (bicyclic) bond motifs is 1. The van der Waals surface area contributed by atoms with Crippen molar-refractivity contribution < 1.29 is 14.9 Å². The highest BCUT2D eigenvalue weighted by Gasteiger charge is 2.35. The van der Waals surface area contributed by atoms with E-state index in [9.17, 15) is 5.11 Å². The van der Waals surface area contributed by atoms with Crippen LogP contribution in [0.3, 0.4) is 0 Å². The van der Waals surface area contributed by atoms with Crippen LogP contribution < -0.4 is 9.80 Å². The first-order valence-electron chi connectivity index (χ1n) is 8.37. The largest absolute Gasteiger partial charge is 0.492 e. The number of rotatable bonds is 3. The molecule has 1 aliphatic heterocycles. The van der Waals surface area contributed by atoms with Gasteiger partial charge in [0.1, 0.15) is 37.4 Å². The molecule has 0 spiro atoms. The Bertz CT molecular complexity index is 832. The normalized spacial score (nSPS) is 22.8. The van der Waals surface area contributed by atoms with Gasteiger partial charge in [0, 0.05) is 5.56 Å². The highest BCUT2D eigenvalue weighted by Crippen LogP contribution is 2.34. The van der Waals surface area contributed by atoms with E-state index < -0.39 is 0 Å². The number of nitrogens with zero attached hydrogens (tertiary/aromatic N) is 3. The molecule has 0 radical (unpaired) electrons. The van der Waals surface area contributed by atoms with Gasteiger partial charge in [0.15, 0.2) is 6.04 Å². The van der Waals surface area contributed by atoms with Crippen LogP contribution in [0.25, 0.3) is 4.96 Å². The van der Waals surface area contributed by atoms with Crippen LogP contribution in [-0.4, -0.2) is 52.9 Å². The smallest absolute Gasteiger partial charge is 0.235 e. The van der Waals surface area contributed by atoms with Crippen molar-refractivity contribution >= 4 is 16.3 Å². The summed E-state index contributed by atoms with van der Waals surface area (Å²) in [5.41, 5.74) is 2.50. The quantitative estimate of drug-likeness (QED) is 0.589. The molecule has 1 atom stereocenters. The lowest BCUT2D eigenvalue weighted by Gasteiger charge is -2.33. The van der Waals surface area contributed by atoms with Gasteiger partial charge in [-0.2, -0.15) is 9.61 Å². The summed E-state index contributed by atoms with van der Waals surface area (Å²) >= 11 is 1.54. The minimum absolute atomic E-state index is 0.132. The van der Waals surface area contributed by atoms with Gasteiger partial charge in [0.05, 0.1) is 7.05 Å². The molecule has 1 saturated heterocycles. The Hall–Kier alpha value is -1.96. The summed E-state index contributed by atoms with van der Waals surface area (Å²) < 4.78 is 1.54. The summed E-state index contributed by atoms with van der Waals surface area (Å²) in [5.74, 6) is 0.233. The maximum absolute atomic E-state index is 10.7. The zero-order valence-corrected chi connectivity index (χ0v) is 14.8. The Kier molecular flexibility index (Phi) is 3.99. The number of aromatic nitrogens is 3. The summed E-state index contributed by atoms with van der Waals surface area (Å²) in [6.07, 6.45) is 1.49. The van der Waals surface area contributed by atoms with E-state index in [1.54, 1.807) is 20.8 Å². The standard InChI is InChI=1S/C17H21N5OS/c1-12-3-5-13(6-4-12)14(21-9-7-20(2)8-10-21)15-16(23)22-17(24-15)18-11-19-22/h3-6,11,14,23H,7-10H2,1-2H3/p+2/t14-/m0/s1. The maximum atomic E-state index is 10.7. The van der Waals surface area contributed by atoms with Gasteiger partial charge in [0.2, 0.25) is 10.8 Å². The number of hydrogen-bond acceptors (Lipinski definition) is 4. The lowest BCUT2D eigenvalue weighted by molar-refractivity contribution is -1.02. The Morgan fingerprint density at radius 2 is 1.88 bits per heavy atom. The van der Waals surface area contributed by atoms with E-state index in [2.05, 4.69) is 48.3 Å². The van der Waals surface area contributed by atoms with E-state index in [-0.39, 0.29) is 11.9 Å². The Morgan fingerprint density at radius 1 is 1.17 bits per heavy atom. The molecular weight excluding hydrogens is 322 g/mol. The molecule has 126 valence electrons. The Morgan fingerprint density at radius 3 is 2.54 bits per heavy atom. The second kappa shape index (κ2) is 6.16. The predicted octanol–water partition coefficient (Wildman–Crippen LogP) is -0.693. The van der Waals surface area contributed by atoms with Gasteiger partial charge in [-0.15, -0.1) is 0 Å². The number of nitrogens with one attached hydrogen (secondary N) is 2. The predicted molar refractivity (Wildman–Crippen MR) is 92.9 cm³/mol. The summed E-state index contributed by atoms with van der Waals surface area (Å²) in [5, 5.41) is 14.8. The number of benzene rings is 1. The molecule has 0 aliphatic carbocycles. The SMILES string of the molecule is Cc1ccc([C@@H](c2sc3ncnn3c2O)[NH+]2CC[NH+](C)CC2)cc1. The summed E-state index contributed by atoms with van der Waals surface area (Å²) in [6.45, 7) is 6.60. The van der Waals surface area contributed by atoms with Gasteiger partial charge in [-0.1, -0.05) is 41.2 Å². The molecule has 24 heavy (non-hydrogen) atoms. The van der Waals surface area contributed by atoms with Crippen LogP contribution in [0, 0.1) is 6.92 Å². The average molecular weight is 345 g/mol. The average Bonchev–Trinajstić information content (AvgIpc) is 3.15. The van der Waals surface area contributed by atoms with Crippen LogP contribution in [0.1, 0.15) is 22.0 Å². The number of quaternary nitrogens is 2. The Labute approximate surface area is 145 Å². The lowest BCUT2D eigenvalue weighted by Crippen LogP contribution is -3.27. The number of hydrogen-bond donors (Lipinski definition) is 3. The van der Waals surface area contributed by atoms with Gasteiger partial charge in [-0.3, -0.25) is 0 Å². The first-order valence-corrected chi connectivity index (χ1v) is 9.19. The molecule has 3 N–H and O–H groups in total. The highest BCUT2D eigenvalue weighted by atomic mass is 32.1. The molecule has 0 bridgehead atoms. The topological polar surface area (TPSA) is 59.3 Å². The van der Waals surface area contributed by atoms with E-state index in [1.807, 2.05) is 0 Å². The molecule has 3 aromatic rings. The van der Waals surface area contributed by atoms with Crippen LogP contribution in [0.4, 0.5) is 0 Å². The molecule has 1 aliphatic rings. The minimum Gasteiger partial charge on any atom is -0.492 e. The number of likely N-dealkylation sites (N-methyl/N-ethyl adjacent to an activating group) is 1. The summed E-state index contributed by atoms with van der Waals surface area (Å²) in [6, 6.07) is 8.81. The molecule has 1 aromatic carbocycles. The van der Waals surface area contributed by atoms with E-state index in [0.29, 0.717) is 0 Å². The number of aromatic hydroxyl groups is 1. The Balaban J connectivity index is 1.78. The van der Waals surface area contributed by atoms with Crippen LogP contribution in [0.5, 0.6) is 5.88 Å². The molecule has 2 aromatic heterocycles. The second-order valence-corrected chi connectivity index (χ2v) is 7.71. The highest BCUT2D eigenvalue weighted by molar-refractivity contribution is 7.17. The van der Waals surface area contributed by atoms with Crippen molar-refractivity contribution in [2.24, 2.45) is 0 Å². The van der Waals surface area contributed by atoms with E-state index in [0.717, 1.165) is 36.0 Å². The van der Waals surface area contributed by atoms with Crippen molar-refractivity contribution in [3.8, 4) is 5.88 Å².